The number of nitrogens with zero attached hydrogens (tertiary/aromatic N) is 2. The molecule has 0 radical (unpaired) electrons. The molecule has 0 saturated heterocycles. The van der Waals surface area contributed by atoms with Gasteiger partial charge in [-0.25, -0.2) is 9.78 Å². The highest BCUT2D eigenvalue weighted by Gasteiger charge is 2.17. The second-order valence-corrected chi connectivity index (χ2v) is 5.94. The first kappa shape index (κ1) is 16.0. The van der Waals surface area contributed by atoms with Gasteiger partial charge in [0.05, 0.1) is 17.2 Å². The molecule has 2 aromatic carbocycles. The summed E-state index contributed by atoms with van der Waals surface area (Å²) in [6.45, 7) is 1.58. The number of hydrogen-bond acceptors (Lipinski definition) is 5. The number of fused-ring (bicyclic) bond motifs is 2. The minimum atomic E-state index is -0.673. The average molecular weight is 345 g/mol. The first-order chi connectivity index (χ1) is 12.6. The van der Waals surface area contributed by atoms with Crippen molar-refractivity contribution >= 4 is 33.7 Å². The number of ketones is 1. The molecule has 0 amide bonds. The molecule has 4 aromatic rings. The Morgan fingerprint density at radius 2 is 1.88 bits per heavy atom. The zero-order valence-corrected chi connectivity index (χ0v) is 14.0. The summed E-state index contributed by atoms with van der Waals surface area (Å²) in [5, 5.41) is 0.846. The van der Waals surface area contributed by atoms with Gasteiger partial charge in [0.15, 0.2) is 12.3 Å². The summed E-state index contributed by atoms with van der Waals surface area (Å²) in [4.78, 5) is 36.2. The third kappa shape index (κ3) is 2.82. The summed E-state index contributed by atoms with van der Waals surface area (Å²) in [5.74, 6) is -0.944. The number of esters is 1. The smallest absolute Gasteiger partial charge is 0.359 e. The number of nitrogens with one attached hydrogen (secondary N) is 1. The van der Waals surface area contributed by atoms with E-state index in [1.807, 2.05) is 37.3 Å². The standard InChI is InChI=1S/C20H15N3O3/c1-12-5-4-8-16-19(12)13(9-21-16)18(24)11-26-20(25)17-10-22-14-6-2-3-7-15(14)23-17/h2-10,21H,11H2,1H3. The molecule has 4 rings (SSSR count). The van der Waals surface area contributed by atoms with Crippen LogP contribution >= 0.6 is 0 Å². The van der Waals surface area contributed by atoms with Gasteiger partial charge in [0.25, 0.3) is 0 Å². The number of aromatic amines is 1. The van der Waals surface area contributed by atoms with E-state index < -0.39 is 5.97 Å². The van der Waals surface area contributed by atoms with Crippen molar-refractivity contribution in [2.75, 3.05) is 6.61 Å². The van der Waals surface area contributed by atoms with Crippen LogP contribution in [0.15, 0.2) is 54.9 Å². The first-order valence-corrected chi connectivity index (χ1v) is 8.12. The molecule has 6 heteroatoms. The van der Waals surface area contributed by atoms with E-state index in [0.29, 0.717) is 16.6 Å². The van der Waals surface area contributed by atoms with E-state index in [-0.39, 0.29) is 18.1 Å². The SMILES string of the molecule is Cc1cccc2[nH]cc(C(=O)COC(=O)c3cnc4ccccc4n3)c12. The number of hydrogen-bond donors (Lipinski definition) is 1. The van der Waals surface area contributed by atoms with Crippen LogP contribution < -0.4 is 0 Å². The molecule has 0 aliphatic rings. The van der Waals surface area contributed by atoms with Gasteiger partial charge in [0.2, 0.25) is 5.78 Å². The first-order valence-electron chi connectivity index (χ1n) is 8.12. The molecule has 6 nitrogen and oxygen atoms in total. The van der Waals surface area contributed by atoms with Crippen LogP contribution in [0.3, 0.4) is 0 Å². The van der Waals surface area contributed by atoms with Gasteiger partial charge in [-0.3, -0.25) is 9.78 Å². The normalized spacial score (nSPS) is 11.0. The Hall–Kier alpha value is -3.54. The summed E-state index contributed by atoms with van der Waals surface area (Å²) >= 11 is 0. The number of rotatable bonds is 4. The number of carbonyl (C=O) groups is 2. The van der Waals surface area contributed by atoms with E-state index in [1.54, 1.807) is 18.3 Å². The molecular formula is C20H15N3O3. The van der Waals surface area contributed by atoms with Crippen LogP contribution in [-0.2, 0) is 4.74 Å². The Kier molecular flexibility index (Phi) is 3.93. The molecule has 0 aliphatic carbocycles. The lowest BCUT2D eigenvalue weighted by atomic mass is 10.1. The zero-order valence-electron chi connectivity index (χ0n) is 14.0. The minimum Gasteiger partial charge on any atom is -0.453 e. The van der Waals surface area contributed by atoms with E-state index in [1.165, 1.54) is 6.20 Å². The molecule has 0 fully saturated rings. The molecule has 2 heterocycles. The summed E-state index contributed by atoms with van der Waals surface area (Å²) < 4.78 is 5.15. The monoisotopic (exact) mass is 345 g/mol. The predicted molar refractivity (Wildman–Crippen MR) is 97.2 cm³/mol. The molecule has 128 valence electrons. The van der Waals surface area contributed by atoms with Crippen LogP contribution in [0.4, 0.5) is 0 Å². The van der Waals surface area contributed by atoms with Crippen molar-refractivity contribution in [2.24, 2.45) is 0 Å². The summed E-state index contributed by atoms with van der Waals surface area (Å²) in [7, 11) is 0. The molecule has 0 spiro atoms. The van der Waals surface area contributed by atoms with E-state index in [9.17, 15) is 9.59 Å². The van der Waals surface area contributed by atoms with Crippen molar-refractivity contribution in [3.8, 4) is 0 Å². The Labute approximate surface area is 148 Å². The zero-order chi connectivity index (χ0) is 18.1. The maximum absolute atomic E-state index is 12.5. The molecule has 0 aliphatic heterocycles. The summed E-state index contributed by atoms with van der Waals surface area (Å²) in [5.41, 5.74) is 3.73. The Morgan fingerprint density at radius 3 is 2.73 bits per heavy atom. The number of para-hydroxylation sites is 2. The van der Waals surface area contributed by atoms with E-state index in [4.69, 9.17) is 4.74 Å². The Morgan fingerprint density at radius 1 is 1.08 bits per heavy atom. The second-order valence-electron chi connectivity index (χ2n) is 5.94. The van der Waals surface area contributed by atoms with E-state index >= 15 is 0 Å². The van der Waals surface area contributed by atoms with Crippen LogP contribution in [0.1, 0.15) is 26.4 Å². The van der Waals surface area contributed by atoms with Gasteiger partial charge in [-0.05, 0) is 30.7 Å². The molecule has 0 atom stereocenters. The van der Waals surface area contributed by atoms with E-state index in [0.717, 1.165) is 16.5 Å². The average Bonchev–Trinajstić information content (AvgIpc) is 3.11. The topological polar surface area (TPSA) is 84.9 Å². The van der Waals surface area contributed by atoms with Gasteiger partial charge >= 0.3 is 5.97 Å². The number of benzene rings is 2. The van der Waals surface area contributed by atoms with Gasteiger partial charge in [-0.15, -0.1) is 0 Å². The quantitative estimate of drug-likeness (QED) is 0.452. The molecule has 0 bridgehead atoms. The minimum absolute atomic E-state index is 0.0756. The lowest BCUT2D eigenvalue weighted by molar-refractivity contribution is 0.0469. The van der Waals surface area contributed by atoms with Crippen LogP contribution in [-0.4, -0.2) is 33.3 Å². The fraction of sp³-hybridized carbons (Fsp3) is 0.100. The van der Waals surface area contributed by atoms with Crippen molar-refractivity contribution in [3.63, 3.8) is 0 Å². The number of aryl methyl sites for hydroxylation is 1. The molecule has 1 N–H and O–H groups in total. The highest BCUT2D eigenvalue weighted by atomic mass is 16.5. The van der Waals surface area contributed by atoms with Crippen molar-refractivity contribution in [2.45, 2.75) is 6.92 Å². The lowest BCUT2D eigenvalue weighted by Crippen LogP contribution is -2.15. The maximum Gasteiger partial charge on any atom is 0.359 e. The fourth-order valence-electron chi connectivity index (χ4n) is 2.93. The third-order valence-electron chi connectivity index (χ3n) is 4.21. The van der Waals surface area contributed by atoms with Crippen molar-refractivity contribution in [1.29, 1.82) is 0 Å². The van der Waals surface area contributed by atoms with Crippen LogP contribution in [0.25, 0.3) is 21.9 Å². The maximum atomic E-state index is 12.5. The van der Waals surface area contributed by atoms with Crippen LogP contribution in [0, 0.1) is 6.92 Å². The number of carbonyl (C=O) groups excluding carboxylic acids is 2. The van der Waals surface area contributed by atoms with Crippen LogP contribution in [0.5, 0.6) is 0 Å². The predicted octanol–water partition coefficient (Wildman–Crippen LogP) is 3.46. The number of H-pyrrole nitrogens is 1. The second kappa shape index (κ2) is 6.40. The van der Waals surface area contributed by atoms with Gasteiger partial charge in [0.1, 0.15) is 0 Å². The Bertz CT molecular complexity index is 1150. The molecule has 26 heavy (non-hydrogen) atoms. The fourth-order valence-corrected chi connectivity index (χ4v) is 2.93. The third-order valence-corrected chi connectivity index (χ3v) is 4.21. The van der Waals surface area contributed by atoms with Gasteiger partial charge in [-0.1, -0.05) is 24.3 Å². The summed E-state index contributed by atoms with van der Waals surface area (Å²) in [6, 6.07) is 13.0. The highest BCUT2D eigenvalue weighted by molar-refractivity contribution is 6.10. The van der Waals surface area contributed by atoms with Crippen LogP contribution in [0.2, 0.25) is 0 Å². The number of aromatic nitrogens is 3. The van der Waals surface area contributed by atoms with Gasteiger partial charge in [-0.2, -0.15) is 0 Å². The van der Waals surface area contributed by atoms with Gasteiger partial charge in [0, 0.05) is 22.7 Å². The van der Waals surface area contributed by atoms with Crippen molar-refractivity contribution < 1.29 is 14.3 Å². The molecule has 0 unspecified atom stereocenters. The highest BCUT2D eigenvalue weighted by Crippen LogP contribution is 2.22. The largest absolute Gasteiger partial charge is 0.453 e. The number of ether oxygens (including phenoxy) is 1. The Balaban J connectivity index is 1.52. The lowest BCUT2D eigenvalue weighted by Gasteiger charge is -2.05. The van der Waals surface area contributed by atoms with Gasteiger partial charge < -0.3 is 9.72 Å². The molecule has 0 saturated carbocycles. The molecule has 2 aromatic heterocycles. The number of Topliss-reactive ketones (excluding diaryl/α,β-unsaturated/α-hetero) is 1. The summed E-state index contributed by atoms with van der Waals surface area (Å²) in [6.07, 6.45) is 2.99. The molecular weight excluding hydrogens is 330 g/mol. The van der Waals surface area contributed by atoms with Crippen molar-refractivity contribution in [1.82, 2.24) is 15.0 Å². The van der Waals surface area contributed by atoms with E-state index in [2.05, 4.69) is 15.0 Å². The van der Waals surface area contributed by atoms with Crippen molar-refractivity contribution in [3.05, 3.63) is 71.7 Å².